The van der Waals surface area contributed by atoms with Crippen molar-refractivity contribution in [1.29, 1.82) is 0 Å². The minimum Gasteiger partial charge on any atom is -0.477 e. The lowest BCUT2D eigenvalue weighted by molar-refractivity contribution is -0.116. The van der Waals surface area contributed by atoms with E-state index in [-0.39, 0.29) is 31.3 Å². The fourth-order valence-corrected chi connectivity index (χ4v) is 4.01. The summed E-state index contributed by atoms with van der Waals surface area (Å²) in [5, 5.41) is 18.3. The summed E-state index contributed by atoms with van der Waals surface area (Å²) in [4.78, 5) is 35.1. The fraction of sp³-hybridized carbons (Fsp3) is 0.200. The van der Waals surface area contributed by atoms with E-state index in [1.165, 1.54) is 29.9 Å². The highest BCUT2D eigenvalue weighted by atomic mass is 16.5. The van der Waals surface area contributed by atoms with E-state index in [1.54, 1.807) is 0 Å². The Morgan fingerprint density at radius 3 is 2.32 bits per heavy atom. The van der Waals surface area contributed by atoms with Crippen LogP contribution < -0.4 is 10.6 Å². The zero-order chi connectivity index (χ0) is 24.1. The Morgan fingerprint density at radius 2 is 1.71 bits per heavy atom. The molecule has 3 N–H and O–H groups in total. The third kappa shape index (κ3) is 4.98. The molecule has 174 valence electrons. The highest BCUT2D eigenvalue weighted by molar-refractivity contribution is 5.88. The molecule has 0 bridgehead atoms. The summed E-state index contributed by atoms with van der Waals surface area (Å²) in [6, 6.07) is 17.6. The molecule has 0 unspecified atom stereocenters. The zero-order valence-corrected chi connectivity index (χ0v) is 18.5. The van der Waals surface area contributed by atoms with Crippen LogP contribution in [0.5, 0.6) is 0 Å². The lowest BCUT2D eigenvalue weighted by Gasteiger charge is -2.14. The second-order valence-electron chi connectivity index (χ2n) is 7.78. The van der Waals surface area contributed by atoms with Crippen molar-refractivity contribution in [2.24, 2.45) is 7.05 Å². The average Bonchev–Trinajstić information content (AvgIpc) is 3.37. The standard InChI is InChI=1S/C25H24N4O5/c1-29-22(24(31)32)13-16(28-29)14-27-23(30)11-6-12-26-25(33)34-15-21-19-9-4-2-7-17(19)18-8-3-5-10-20(18)21/h2-11,13,21H,12,14-15H2,1H3,(H,26,33)(H,27,30)(H,31,32)/b11-6+. The number of nitrogens with zero attached hydrogens (tertiary/aromatic N) is 2. The van der Waals surface area contributed by atoms with Crippen LogP contribution in [-0.2, 0) is 23.1 Å². The van der Waals surface area contributed by atoms with Crippen LogP contribution in [0.2, 0.25) is 0 Å². The van der Waals surface area contributed by atoms with Gasteiger partial charge in [0, 0.05) is 25.6 Å². The first-order chi connectivity index (χ1) is 16.4. The second-order valence-corrected chi connectivity index (χ2v) is 7.78. The number of hydrogen-bond donors (Lipinski definition) is 3. The molecule has 9 nitrogen and oxygen atoms in total. The Morgan fingerprint density at radius 1 is 1.06 bits per heavy atom. The lowest BCUT2D eigenvalue weighted by Crippen LogP contribution is -2.26. The lowest BCUT2D eigenvalue weighted by atomic mass is 9.98. The van der Waals surface area contributed by atoms with Gasteiger partial charge in [-0.3, -0.25) is 9.48 Å². The largest absolute Gasteiger partial charge is 0.477 e. The first-order valence-electron chi connectivity index (χ1n) is 10.7. The summed E-state index contributed by atoms with van der Waals surface area (Å²) < 4.78 is 6.68. The molecule has 0 fully saturated rings. The van der Waals surface area contributed by atoms with Crippen LogP contribution in [0.25, 0.3) is 11.1 Å². The van der Waals surface area contributed by atoms with Crippen LogP contribution >= 0.6 is 0 Å². The molecule has 2 aromatic carbocycles. The van der Waals surface area contributed by atoms with Crippen molar-refractivity contribution in [2.45, 2.75) is 12.5 Å². The van der Waals surface area contributed by atoms with Crippen molar-refractivity contribution in [1.82, 2.24) is 20.4 Å². The molecule has 0 aliphatic heterocycles. The van der Waals surface area contributed by atoms with Crippen molar-refractivity contribution >= 4 is 18.0 Å². The number of carbonyl (C=O) groups is 3. The molecule has 0 radical (unpaired) electrons. The molecule has 1 aliphatic carbocycles. The molecule has 0 saturated carbocycles. The molecule has 0 atom stereocenters. The predicted molar refractivity (Wildman–Crippen MR) is 124 cm³/mol. The molecule has 4 rings (SSSR count). The van der Waals surface area contributed by atoms with E-state index in [0.717, 1.165) is 22.3 Å². The van der Waals surface area contributed by atoms with Crippen LogP contribution in [-0.4, -0.2) is 46.0 Å². The minimum absolute atomic E-state index is 0.0206. The first-order valence-corrected chi connectivity index (χ1v) is 10.7. The van der Waals surface area contributed by atoms with Crippen molar-refractivity contribution in [3.63, 3.8) is 0 Å². The number of fused-ring (bicyclic) bond motifs is 3. The third-order valence-corrected chi connectivity index (χ3v) is 5.57. The Labute approximate surface area is 196 Å². The maximum Gasteiger partial charge on any atom is 0.407 e. The molecule has 1 aliphatic rings. The Balaban J connectivity index is 1.22. The number of ether oxygens (including phenoxy) is 1. The van der Waals surface area contributed by atoms with Crippen LogP contribution in [0, 0.1) is 0 Å². The van der Waals surface area contributed by atoms with Gasteiger partial charge >= 0.3 is 12.1 Å². The van der Waals surface area contributed by atoms with E-state index in [4.69, 9.17) is 9.84 Å². The van der Waals surface area contributed by atoms with E-state index in [0.29, 0.717) is 5.69 Å². The highest BCUT2D eigenvalue weighted by Crippen LogP contribution is 2.44. The number of alkyl carbamates (subject to hydrolysis) is 1. The second kappa shape index (κ2) is 10.0. The number of aromatic carboxylic acids is 1. The van der Waals surface area contributed by atoms with E-state index in [9.17, 15) is 14.4 Å². The summed E-state index contributed by atoms with van der Waals surface area (Å²) in [6.45, 7) is 0.424. The number of rotatable bonds is 8. The van der Waals surface area contributed by atoms with Crippen LogP contribution in [0.1, 0.15) is 33.2 Å². The number of carbonyl (C=O) groups excluding carboxylic acids is 2. The number of amides is 2. The quantitative estimate of drug-likeness (QED) is 0.444. The average molecular weight is 460 g/mol. The van der Waals surface area contributed by atoms with Gasteiger partial charge in [-0.05, 0) is 28.3 Å². The van der Waals surface area contributed by atoms with E-state index in [1.807, 2.05) is 24.3 Å². The van der Waals surface area contributed by atoms with Crippen molar-refractivity contribution in [2.75, 3.05) is 13.2 Å². The smallest absolute Gasteiger partial charge is 0.407 e. The molecular weight excluding hydrogens is 436 g/mol. The van der Waals surface area contributed by atoms with Gasteiger partial charge < -0.3 is 20.5 Å². The van der Waals surface area contributed by atoms with Gasteiger partial charge in [-0.25, -0.2) is 9.59 Å². The summed E-state index contributed by atoms with van der Waals surface area (Å²) in [5.41, 5.74) is 5.05. The minimum atomic E-state index is -1.09. The van der Waals surface area contributed by atoms with Gasteiger partial charge in [0.2, 0.25) is 5.91 Å². The number of nitrogens with one attached hydrogen (secondary N) is 2. The molecule has 9 heteroatoms. The van der Waals surface area contributed by atoms with E-state index in [2.05, 4.69) is 40.0 Å². The van der Waals surface area contributed by atoms with E-state index >= 15 is 0 Å². The molecule has 2 amide bonds. The van der Waals surface area contributed by atoms with E-state index < -0.39 is 18.0 Å². The van der Waals surface area contributed by atoms with Crippen molar-refractivity contribution in [3.8, 4) is 11.1 Å². The Hall–Kier alpha value is -4.40. The molecule has 3 aromatic rings. The van der Waals surface area contributed by atoms with Gasteiger partial charge in [-0.15, -0.1) is 0 Å². The number of hydrogen-bond acceptors (Lipinski definition) is 5. The Bertz CT molecular complexity index is 1220. The van der Waals surface area contributed by atoms with Crippen molar-refractivity contribution < 1.29 is 24.2 Å². The molecule has 0 spiro atoms. The topological polar surface area (TPSA) is 123 Å². The number of carboxylic acids is 1. The van der Waals surface area contributed by atoms with Gasteiger partial charge in [0.05, 0.1) is 12.2 Å². The SMILES string of the molecule is Cn1nc(CNC(=O)/C=C/CNC(=O)OCC2c3ccccc3-c3ccccc32)cc1C(=O)O. The third-order valence-electron chi connectivity index (χ3n) is 5.57. The zero-order valence-electron chi connectivity index (χ0n) is 18.5. The Kier molecular flexibility index (Phi) is 6.72. The molecule has 34 heavy (non-hydrogen) atoms. The van der Waals surface area contributed by atoms with Gasteiger partial charge in [-0.2, -0.15) is 5.10 Å². The normalized spacial score (nSPS) is 12.3. The number of aromatic nitrogens is 2. The predicted octanol–water partition coefficient (Wildman–Crippen LogP) is 2.83. The van der Waals surface area contributed by atoms with Crippen LogP contribution in [0.15, 0.2) is 66.7 Å². The number of aryl methyl sites for hydroxylation is 1. The maximum absolute atomic E-state index is 12.1. The van der Waals surface area contributed by atoms with Gasteiger partial charge in [0.25, 0.3) is 0 Å². The van der Waals surface area contributed by atoms with Gasteiger partial charge in [0.1, 0.15) is 12.3 Å². The van der Waals surface area contributed by atoms with Gasteiger partial charge in [-0.1, -0.05) is 54.6 Å². The van der Waals surface area contributed by atoms with Crippen molar-refractivity contribution in [3.05, 3.63) is 89.3 Å². The summed E-state index contributed by atoms with van der Waals surface area (Å²) in [6.07, 6.45) is 2.21. The number of benzene rings is 2. The summed E-state index contributed by atoms with van der Waals surface area (Å²) >= 11 is 0. The summed E-state index contributed by atoms with van der Waals surface area (Å²) in [7, 11) is 1.52. The first kappa shape index (κ1) is 22.8. The molecule has 1 aromatic heterocycles. The fourth-order valence-electron chi connectivity index (χ4n) is 4.01. The maximum atomic E-state index is 12.1. The highest BCUT2D eigenvalue weighted by Gasteiger charge is 2.28. The van der Waals surface area contributed by atoms with Crippen LogP contribution in [0.4, 0.5) is 4.79 Å². The molecule has 1 heterocycles. The number of carboxylic acid groups (broad SMARTS) is 1. The monoisotopic (exact) mass is 460 g/mol. The van der Waals surface area contributed by atoms with Gasteiger partial charge in [0.15, 0.2) is 0 Å². The summed E-state index contributed by atoms with van der Waals surface area (Å²) in [5.74, 6) is -1.50. The molecule has 0 saturated heterocycles. The van der Waals surface area contributed by atoms with Crippen LogP contribution in [0.3, 0.4) is 0 Å². The molecular formula is C25H24N4O5.